The number of aliphatic hydroxyl groups is 1. The molecule has 2 aliphatic heterocycles. The third-order valence-electron chi connectivity index (χ3n) is 6.01. The highest BCUT2D eigenvalue weighted by molar-refractivity contribution is 7.48. The molecule has 14 nitrogen and oxygen atoms in total. The Kier molecular flexibility index (Phi) is 6.19. The van der Waals surface area contributed by atoms with E-state index in [4.69, 9.17) is 33.5 Å². The summed E-state index contributed by atoms with van der Waals surface area (Å²) in [6, 6.07) is 6.54. The minimum atomic E-state index is -4.14. The molecule has 0 spiro atoms. The SMILES string of the molecule is COC(=O)c1ccccc1COP1(=O)OC[C@H]2OC(n3cnc4c(OC)nc(N)nc43)[C@](C)(O)[C@@H]2O1. The lowest BCUT2D eigenvalue weighted by Crippen LogP contribution is -2.47. The van der Waals surface area contributed by atoms with Gasteiger partial charge in [0.1, 0.15) is 17.8 Å². The molecule has 5 rings (SSSR count). The van der Waals surface area contributed by atoms with Gasteiger partial charge in [-0.15, -0.1) is 0 Å². The summed E-state index contributed by atoms with van der Waals surface area (Å²) in [6.45, 7) is 1.03. The maximum atomic E-state index is 13.3. The summed E-state index contributed by atoms with van der Waals surface area (Å²) >= 11 is 0. The van der Waals surface area contributed by atoms with Crippen molar-refractivity contribution < 1.29 is 42.2 Å². The second-order valence-corrected chi connectivity index (χ2v) is 9.98. The van der Waals surface area contributed by atoms with E-state index in [-0.39, 0.29) is 36.3 Å². The first-order valence-corrected chi connectivity index (χ1v) is 12.3. The van der Waals surface area contributed by atoms with Crippen molar-refractivity contribution in [2.45, 2.75) is 37.6 Å². The Morgan fingerprint density at radius 1 is 1.33 bits per heavy atom. The number of rotatable bonds is 6. The molecule has 2 fully saturated rings. The van der Waals surface area contributed by atoms with Crippen LogP contribution < -0.4 is 10.5 Å². The highest BCUT2D eigenvalue weighted by atomic mass is 31.2. The number of aromatic nitrogens is 4. The van der Waals surface area contributed by atoms with Crippen molar-refractivity contribution in [3.05, 3.63) is 41.7 Å². The van der Waals surface area contributed by atoms with Crippen LogP contribution in [0, 0.1) is 0 Å². The predicted molar refractivity (Wildman–Crippen MR) is 122 cm³/mol. The van der Waals surface area contributed by atoms with Gasteiger partial charge in [0.25, 0.3) is 0 Å². The van der Waals surface area contributed by atoms with E-state index in [0.717, 1.165) is 0 Å². The molecule has 0 radical (unpaired) electrons. The maximum Gasteiger partial charge on any atom is 0.475 e. The van der Waals surface area contributed by atoms with Crippen molar-refractivity contribution in [2.75, 3.05) is 26.6 Å². The van der Waals surface area contributed by atoms with Crippen molar-refractivity contribution in [3.63, 3.8) is 0 Å². The maximum absolute atomic E-state index is 13.3. The Hall–Kier alpha value is -3.13. The first-order chi connectivity index (χ1) is 17.2. The minimum absolute atomic E-state index is 0.0547. The van der Waals surface area contributed by atoms with E-state index in [1.807, 2.05) is 0 Å². The van der Waals surface area contributed by atoms with Gasteiger partial charge >= 0.3 is 13.8 Å². The van der Waals surface area contributed by atoms with Gasteiger partial charge < -0.3 is 25.1 Å². The van der Waals surface area contributed by atoms with Crippen molar-refractivity contribution in [1.82, 2.24) is 19.5 Å². The van der Waals surface area contributed by atoms with E-state index in [2.05, 4.69) is 15.0 Å². The molecular formula is C21H24N5O9P. The Morgan fingerprint density at radius 3 is 2.86 bits per heavy atom. The van der Waals surface area contributed by atoms with Crippen LogP contribution in [0.5, 0.6) is 5.88 Å². The highest BCUT2D eigenvalue weighted by Crippen LogP contribution is 2.59. The van der Waals surface area contributed by atoms with Gasteiger partial charge in [-0.2, -0.15) is 9.97 Å². The fourth-order valence-electron chi connectivity index (χ4n) is 4.27. The monoisotopic (exact) mass is 521 g/mol. The quantitative estimate of drug-likeness (QED) is 0.353. The van der Waals surface area contributed by atoms with Crippen LogP contribution in [0.4, 0.5) is 5.95 Å². The molecule has 2 aromatic heterocycles. The highest BCUT2D eigenvalue weighted by Gasteiger charge is 2.60. The number of carbonyl (C=O) groups is 1. The molecule has 192 valence electrons. The Balaban J connectivity index is 1.38. The number of nitrogens with two attached hydrogens (primary N) is 1. The molecule has 4 heterocycles. The smallest absolute Gasteiger partial charge is 0.475 e. The fourth-order valence-corrected chi connectivity index (χ4v) is 5.72. The number of hydrogen-bond acceptors (Lipinski definition) is 13. The third kappa shape index (κ3) is 4.11. The standard InChI is InChI=1S/C21H24N5O9P/c1-21(28)15-13(34-19(21)26-10-23-14-16(26)24-20(22)25-17(14)30-2)9-33-36(29,35-15)32-8-11-6-4-5-7-12(11)18(27)31-3/h4-7,10,13,15,19,28H,8-9H2,1-3H3,(H2,22,24,25)/t13-,15-,19?,21-,36?/m1/s1. The van der Waals surface area contributed by atoms with Crippen LogP contribution in [-0.2, 0) is 34.2 Å². The number of benzene rings is 1. The van der Waals surface area contributed by atoms with E-state index in [1.165, 1.54) is 32.0 Å². The molecule has 3 aromatic rings. The van der Waals surface area contributed by atoms with E-state index < -0.39 is 37.8 Å². The molecule has 36 heavy (non-hydrogen) atoms. The van der Waals surface area contributed by atoms with Gasteiger partial charge in [0, 0.05) is 0 Å². The summed E-state index contributed by atoms with van der Waals surface area (Å²) in [4.78, 5) is 24.5. The first-order valence-electron chi connectivity index (χ1n) is 10.8. The number of nitrogens with zero attached hydrogens (tertiary/aromatic N) is 4. The number of hydrogen-bond donors (Lipinski definition) is 2. The fraction of sp³-hybridized carbons (Fsp3) is 0.429. The number of nitrogen functional groups attached to an aromatic ring is 1. The number of carbonyl (C=O) groups excluding carboxylic acids is 1. The normalized spacial score (nSPS) is 29.7. The van der Waals surface area contributed by atoms with Gasteiger partial charge in [0.15, 0.2) is 17.4 Å². The van der Waals surface area contributed by atoms with Crippen LogP contribution in [0.25, 0.3) is 11.2 Å². The van der Waals surface area contributed by atoms with E-state index in [9.17, 15) is 14.5 Å². The van der Waals surface area contributed by atoms with E-state index in [0.29, 0.717) is 11.1 Å². The number of ether oxygens (including phenoxy) is 3. The number of fused-ring (bicyclic) bond motifs is 2. The zero-order chi connectivity index (χ0) is 25.7. The van der Waals surface area contributed by atoms with Crippen molar-refractivity contribution in [1.29, 1.82) is 0 Å². The number of imidazole rings is 1. The summed E-state index contributed by atoms with van der Waals surface area (Å²) < 4.78 is 47.3. The molecular weight excluding hydrogens is 497 g/mol. The van der Waals surface area contributed by atoms with Crippen molar-refractivity contribution in [3.8, 4) is 5.88 Å². The number of phosphoric ester groups is 1. The van der Waals surface area contributed by atoms with Gasteiger partial charge in [-0.05, 0) is 18.6 Å². The second-order valence-electron chi connectivity index (χ2n) is 8.36. The van der Waals surface area contributed by atoms with Crippen molar-refractivity contribution >= 4 is 30.9 Å². The van der Waals surface area contributed by atoms with E-state index >= 15 is 0 Å². The second kappa shape index (κ2) is 9.07. The summed E-state index contributed by atoms with van der Waals surface area (Å²) in [7, 11) is -1.46. The minimum Gasteiger partial charge on any atom is -0.479 e. The summed E-state index contributed by atoms with van der Waals surface area (Å²) in [5.74, 6) is -0.460. The summed E-state index contributed by atoms with van der Waals surface area (Å²) in [5, 5.41) is 11.4. The average molecular weight is 521 g/mol. The van der Waals surface area contributed by atoms with Crippen LogP contribution in [0.15, 0.2) is 30.6 Å². The lowest BCUT2D eigenvalue weighted by atomic mass is 9.96. The summed E-state index contributed by atoms with van der Waals surface area (Å²) in [6.07, 6.45) is -1.52. The zero-order valence-corrected chi connectivity index (χ0v) is 20.5. The Labute approximate surface area is 204 Å². The lowest BCUT2D eigenvalue weighted by Gasteiger charge is -2.35. The molecule has 2 aliphatic rings. The average Bonchev–Trinajstić information content (AvgIpc) is 3.39. The lowest BCUT2D eigenvalue weighted by molar-refractivity contribution is -0.0911. The van der Waals surface area contributed by atoms with Gasteiger partial charge in [0.2, 0.25) is 11.8 Å². The Bertz CT molecular complexity index is 1360. The van der Waals surface area contributed by atoms with Gasteiger partial charge in [0.05, 0.1) is 39.3 Å². The van der Waals surface area contributed by atoms with Crippen LogP contribution >= 0.6 is 7.82 Å². The molecule has 2 saturated heterocycles. The number of anilines is 1. The van der Waals surface area contributed by atoms with Crippen molar-refractivity contribution in [2.24, 2.45) is 0 Å². The molecule has 15 heteroatoms. The Morgan fingerprint density at radius 2 is 2.11 bits per heavy atom. The number of esters is 1. The number of phosphoric acid groups is 1. The zero-order valence-electron chi connectivity index (χ0n) is 19.6. The van der Waals surface area contributed by atoms with Crippen LogP contribution in [0.2, 0.25) is 0 Å². The molecule has 0 aliphatic carbocycles. The van der Waals surface area contributed by atoms with Gasteiger partial charge in [-0.1, -0.05) is 18.2 Å². The van der Waals surface area contributed by atoms with Crippen LogP contribution in [-0.4, -0.2) is 69.2 Å². The molecule has 1 aromatic carbocycles. The molecule has 0 saturated carbocycles. The molecule has 2 unspecified atom stereocenters. The largest absolute Gasteiger partial charge is 0.479 e. The predicted octanol–water partition coefficient (Wildman–Crippen LogP) is 1.59. The first kappa shape index (κ1) is 24.6. The van der Waals surface area contributed by atoms with Gasteiger partial charge in [-0.25, -0.2) is 14.3 Å². The van der Waals surface area contributed by atoms with Crippen LogP contribution in [0.1, 0.15) is 29.1 Å². The van der Waals surface area contributed by atoms with Gasteiger partial charge in [-0.3, -0.25) is 18.1 Å². The van der Waals surface area contributed by atoms with Crippen LogP contribution in [0.3, 0.4) is 0 Å². The molecule has 5 atom stereocenters. The molecule has 0 amide bonds. The third-order valence-corrected chi connectivity index (χ3v) is 7.41. The topological polar surface area (TPSA) is 179 Å². The summed E-state index contributed by atoms with van der Waals surface area (Å²) in [5.41, 5.74) is 5.34. The molecule has 0 bridgehead atoms. The van der Waals surface area contributed by atoms with E-state index in [1.54, 1.807) is 24.3 Å². The number of methoxy groups -OCH3 is 2. The molecule has 3 N–H and O–H groups in total.